The molecule has 0 fully saturated rings. The zero-order valence-corrected chi connectivity index (χ0v) is 21.9. The van der Waals surface area contributed by atoms with E-state index >= 15 is 0 Å². The van der Waals surface area contributed by atoms with Crippen LogP contribution in [-0.2, 0) is 19.1 Å². The number of halogens is 2. The summed E-state index contributed by atoms with van der Waals surface area (Å²) in [7, 11) is 1.17. The Kier molecular flexibility index (Phi) is 9.20. The molecule has 2 N–H and O–H groups in total. The van der Waals surface area contributed by atoms with Gasteiger partial charge in [-0.2, -0.15) is 5.26 Å². The van der Waals surface area contributed by atoms with Crippen LogP contribution >= 0.6 is 39.3 Å². The predicted octanol–water partition coefficient (Wildman–Crippen LogP) is 4.61. The number of amides is 2. The van der Waals surface area contributed by atoms with E-state index in [0.717, 1.165) is 16.2 Å². The van der Waals surface area contributed by atoms with Crippen LogP contribution in [0.4, 0.5) is 5.69 Å². The van der Waals surface area contributed by atoms with Gasteiger partial charge in [0.1, 0.15) is 11.7 Å². The van der Waals surface area contributed by atoms with E-state index in [-0.39, 0.29) is 27.3 Å². The van der Waals surface area contributed by atoms with Crippen LogP contribution in [0.2, 0.25) is 5.02 Å². The van der Waals surface area contributed by atoms with E-state index in [0.29, 0.717) is 23.6 Å². The first-order valence-corrected chi connectivity index (χ1v) is 12.6. The summed E-state index contributed by atoms with van der Waals surface area (Å²) in [6.45, 7) is 2.22. The second-order valence-electron chi connectivity index (χ2n) is 7.29. The normalized spacial score (nSPS) is 17.3. The number of ether oxygens (including phenoxy) is 2. The molecule has 2 atom stereocenters. The number of methoxy groups -OCH3 is 1. The summed E-state index contributed by atoms with van der Waals surface area (Å²) < 4.78 is 11.2. The average Bonchev–Trinajstić information content (AvgIpc) is 2.84. The summed E-state index contributed by atoms with van der Waals surface area (Å²) in [5.41, 5.74) is 1.20. The van der Waals surface area contributed by atoms with Crippen molar-refractivity contribution in [3.05, 3.63) is 68.1 Å². The van der Waals surface area contributed by atoms with E-state index in [1.165, 1.54) is 7.11 Å². The molecular weight excluding hydrogens is 558 g/mol. The molecule has 0 saturated heterocycles. The van der Waals surface area contributed by atoms with Crippen LogP contribution in [0.3, 0.4) is 0 Å². The number of hydrogen-bond acceptors (Lipinski definition) is 7. The minimum atomic E-state index is -1.30. The topological polar surface area (TPSA) is 118 Å². The van der Waals surface area contributed by atoms with Crippen molar-refractivity contribution >= 4 is 62.8 Å². The molecule has 2 aromatic rings. The van der Waals surface area contributed by atoms with Crippen LogP contribution in [0.15, 0.2) is 57.5 Å². The molecule has 2 aromatic carbocycles. The van der Waals surface area contributed by atoms with Crippen molar-refractivity contribution in [3.63, 3.8) is 0 Å². The SMILES string of the molecule is CCOc1ccc([C@@H]2C(C#N)=C(SCC(=O)Nc3ccc(Br)cc3)NC(=O)[C@H]2C(=O)OC)cc1Cl. The Morgan fingerprint density at radius 2 is 1.97 bits per heavy atom. The van der Waals surface area contributed by atoms with E-state index in [1.54, 1.807) is 42.5 Å². The van der Waals surface area contributed by atoms with Gasteiger partial charge in [-0.3, -0.25) is 14.4 Å². The second kappa shape index (κ2) is 12.1. The van der Waals surface area contributed by atoms with Gasteiger partial charge in [-0.25, -0.2) is 0 Å². The zero-order valence-electron chi connectivity index (χ0n) is 18.8. The van der Waals surface area contributed by atoms with Gasteiger partial charge in [0, 0.05) is 16.1 Å². The summed E-state index contributed by atoms with van der Waals surface area (Å²) >= 11 is 10.7. The quantitative estimate of drug-likeness (QED) is 0.347. The number of carbonyl (C=O) groups is 3. The highest BCUT2D eigenvalue weighted by atomic mass is 79.9. The number of benzene rings is 2. The summed E-state index contributed by atoms with van der Waals surface area (Å²) in [6, 6.07) is 14.0. The first kappa shape index (κ1) is 26.6. The van der Waals surface area contributed by atoms with E-state index in [9.17, 15) is 19.6 Å². The van der Waals surface area contributed by atoms with Crippen LogP contribution < -0.4 is 15.4 Å². The first-order chi connectivity index (χ1) is 16.8. The minimum absolute atomic E-state index is 0.0729. The molecule has 0 aliphatic carbocycles. The number of esters is 1. The number of hydrogen-bond donors (Lipinski definition) is 2. The third kappa shape index (κ3) is 6.36. The van der Waals surface area contributed by atoms with Gasteiger partial charge in [0.05, 0.1) is 41.2 Å². The fourth-order valence-corrected chi connectivity index (χ4v) is 4.89. The molecule has 8 nitrogen and oxygen atoms in total. The van der Waals surface area contributed by atoms with Gasteiger partial charge in [0.25, 0.3) is 0 Å². The van der Waals surface area contributed by atoms with Gasteiger partial charge in [-0.05, 0) is 48.9 Å². The number of allylic oxidation sites excluding steroid dienone is 1. The number of nitriles is 1. The third-order valence-corrected chi connectivity index (χ3v) is 6.92. The fourth-order valence-electron chi connectivity index (χ4n) is 3.53. The highest BCUT2D eigenvalue weighted by Gasteiger charge is 2.44. The lowest BCUT2D eigenvalue weighted by atomic mass is 9.78. The van der Waals surface area contributed by atoms with Crippen LogP contribution in [0.5, 0.6) is 5.75 Å². The summed E-state index contributed by atoms with van der Waals surface area (Å²) in [6.07, 6.45) is 0. The number of thioether (sulfide) groups is 1. The lowest BCUT2D eigenvalue weighted by molar-refractivity contribution is -0.150. The highest BCUT2D eigenvalue weighted by Crippen LogP contribution is 2.42. The van der Waals surface area contributed by atoms with Crippen molar-refractivity contribution in [1.82, 2.24) is 5.32 Å². The Labute approximate surface area is 220 Å². The molecule has 3 rings (SSSR count). The molecule has 0 bridgehead atoms. The molecule has 0 unspecified atom stereocenters. The Balaban J connectivity index is 1.92. The zero-order chi connectivity index (χ0) is 25.5. The Bertz CT molecular complexity index is 1210. The summed E-state index contributed by atoms with van der Waals surface area (Å²) in [5, 5.41) is 15.8. The lowest BCUT2D eigenvalue weighted by Gasteiger charge is -2.31. The maximum Gasteiger partial charge on any atom is 0.319 e. The third-order valence-electron chi connectivity index (χ3n) is 5.07. The van der Waals surface area contributed by atoms with Crippen molar-refractivity contribution in [2.24, 2.45) is 5.92 Å². The minimum Gasteiger partial charge on any atom is -0.492 e. The van der Waals surface area contributed by atoms with E-state index in [2.05, 4.69) is 32.6 Å². The van der Waals surface area contributed by atoms with Crippen LogP contribution in [0.25, 0.3) is 0 Å². The lowest BCUT2D eigenvalue weighted by Crippen LogP contribution is -2.44. The molecule has 0 spiro atoms. The molecular formula is C24H21BrClN3O5S. The molecule has 0 aromatic heterocycles. The molecule has 1 aliphatic heterocycles. The molecule has 1 heterocycles. The molecule has 182 valence electrons. The first-order valence-electron chi connectivity index (χ1n) is 10.4. The van der Waals surface area contributed by atoms with Gasteiger partial charge in [0.15, 0.2) is 0 Å². The summed E-state index contributed by atoms with van der Waals surface area (Å²) in [5.74, 6) is -3.64. The average molecular weight is 579 g/mol. The molecule has 2 amide bonds. The van der Waals surface area contributed by atoms with Gasteiger partial charge < -0.3 is 20.1 Å². The Morgan fingerprint density at radius 3 is 2.57 bits per heavy atom. The van der Waals surface area contributed by atoms with Gasteiger partial charge in [-0.15, -0.1) is 0 Å². The molecule has 1 aliphatic rings. The van der Waals surface area contributed by atoms with Crippen molar-refractivity contribution < 1.29 is 23.9 Å². The number of nitrogens with zero attached hydrogens (tertiary/aromatic N) is 1. The summed E-state index contributed by atoms with van der Waals surface area (Å²) in [4.78, 5) is 37.9. The number of anilines is 1. The van der Waals surface area contributed by atoms with E-state index in [1.807, 2.05) is 6.92 Å². The van der Waals surface area contributed by atoms with Crippen molar-refractivity contribution in [2.75, 3.05) is 24.8 Å². The van der Waals surface area contributed by atoms with Crippen LogP contribution in [0, 0.1) is 17.2 Å². The molecule has 0 saturated carbocycles. The molecule has 35 heavy (non-hydrogen) atoms. The van der Waals surface area contributed by atoms with E-state index in [4.69, 9.17) is 21.1 Å². The van der Waals surface area contributed by atoms with Crippen molar-refractivity contribution in [2.45, 2.75) is 12.8 Å². The maximum atomic E-state index is 12.9. The Hall–Kier alpha value is -3.00. The van der Waals surface area contributed by atoms with E-state index < -0.39 is 23.7 Å². The van der Waals surface area contributed by atoms with Crippen LogP contribution in [0.1, 0.15) is 18.4 Å². The number of rotatable bonds is 8. The Morgan fingerprint density at radius 1 is 1.26 bits per heavy atom. The van der Waals surface area contributed by atoms with Gasteiger partial charge in [-0.1, -0.05) is 45.4 Å². The number of carbonyl (C=O) groups excluding carboxylic acids is 3. The highest BCUT2D eigenvalue weighted by molar-refractivity contribution is 9.10. The fraction of sp³-hybridized carbons (Fsp3) is 0.250. The van der Waals surface area contributed by atoms with Gasteiger partial charge in [0.2, 0.25) is 11.8 Å². The van der Waals surface area contributed by atoms with Gasteiger partial charge >= 0.3 is 5.97 Å². The van der Waals surface area contributed by atoms with Crippen molar-refractivity contribution in [3.8, 4) is 11.8 Å². The molecule has 11 heteroatoms. The predicted molar refractivity (Wildman–Crippen MR) is 137 cm³/mol. The largest absolute Gasteiger partial charge is 0.492 e. The van der Waals surface area contributed by atoms with Crippen LogP contribution in [-0.4, -0.2) is 37.3 Å². The standard InChI is InChI=1S/C24H21BrClN3O5S/c1-3-34-18-9-4-13(10-17(18)26)20-16(11-27)23(29-22(31)21(20)24(32)33-2)35-12-19(30)28-15-7-5-14(25)6-8-15/h4-10,20-21H,3,12H2,1-2H3,(H,28,30)(H,29,31)/t20-,21+/m1/s1. The monoisotopic (exact) mass is 577 g/mol. The second-order valence-corrected chi connectivity index (χ2v) is 9.60. The smallest absolute Gasteiger partial charge is 0.319 e. The molecule has 0 radical (unpaired) electrons. The van der Waals surface area contributed by atoms with Crippen molar-refractivity contribution in [1.29, 1.82) is 5.26 Å². The number of nitrogens with one attached hydrogen (secondary N) is 2. The maximum absolute atomic E-state index is 12.9.